The van der Waals surface area contributed by atoms with E-state index in [1.54, 1.807) is 17.1 Å². The second kappa shape index (κ2) is 4.50. The fraction of sp³-hybridized carbons (Fsp3) is 0.0909. The third-order valence-corrected chi connectivity index (χ3v) is 2.03. The van der Waals surface area contributed by atoms with Gasteiger partial charge in [0.1, 0.15) is 6.33 Å². The van der Waals surface area contributed by atoms with E-state index < -0.39 is 0 Å². The molecule has 0 aliphatic rings. The quantitative estimate of drug-likeness (QED) is 0.753. The summed E-state index contributed by atoms with van der Waals surface area (Å²) >= 11 is 0. The lowest BCUT2D eigenvalue weighted by molar-refractivity contribution is 0.648. The topological polar surface area (TPSA) is 43.6 Å². The number of hydrogen-bond donors (Lipinski definition) is 0. The maximum Gasteiger partial charge on any atom is 0.138 e. The smallest absolute Gasteiger partial charge is 0.138 e. The van der Waals surface area contributed by atoms with E-state index in [-0.39, 0.29) is 0 Å². The van der Waals surface area contributed by atoms with Crippen LogP contribution in [0, 0.1) is 6.92 Å². The largest absolute Gasteiger partial charge is 0.228 e. The molecular formula is C11H11N4. The zero-order valence-corrected chi connectivity index (χ0v) is 8.24. The Hall–Kier alpha value is -1.97. The molecule has 4 heteroatoms. The third kappa shape index (κ3) is 2.49. The van der Waals surface area contributed by atoms with E-state index in [4.69, 9.17) is 0 Å². The van der Waals surface area contributed by atoms with Crippen LogP contribution in [-0.4, -0.2) is 20.2 Å². The number of tetrazole rings is 1. The van der Waals surface area contributed by atoms with E-state index in [9.17, 15) is 0 Å². The molecule has 1 aromatic heterocycles. The zero-order chi connectivity index (χ0) is 10.5. The van der Waals surface area contributed by atoms with Gasteiger partial charge in [0.05, 0.1) is 6.54 Å². The predicted molar refractivity (Wildman–Crippen MR) is 57.8 cm³/mol. The zero-order valence-electron chi connectivity index (χ0n) is 8.24. The molecule has 0 bridgehead atoms. The SMILES string of the molecule is [CH2]/C=C/c1ccc(Cn2cnnn2)cc1. The van der Waals surface area contributed by atoms with E-state index in [2.05, 4.69) is 34.6 Å². The molecule has 0 spiro atoms. The monoisotopic (exact) mass is 199 g/mol. The van der Waals surface area contributed by atoms with Crippen LogP contribution in [0.4, 0.5) is 0 Å². The summed E-state index contributed by atoms with van der Waals surface area (Å²) in [5.74, 6) is 0. The highest BCUT2D eigenvalue weighted by atomic mass is 15.5. The third-order valence-electron chi connectivity index (χ3n) is 2.03. The molecule has 0 fully saturated rings. The van der Waals surface area contributed by atoms with Crippen molar-refractivity contribution in [2.24, 2.45) is 0 Å². The average molecular weight is 199 g/mol. The van der Waals surface area contributed by atoms with Gasteiger partial charge < -0.3 is 0 Å². The first-order valence-electron chi connectivity index (χ1n) is 4.64. The summed E-state index contributed by atoms with van der Waals surface area (Å²) in [6.07, 6.45) is 5.33. The predicted octanol–water partition coefficient (Wildman–Crippen LogP) is 1.57. The van der Waals surface area contributed by atoms with Crippen molar-refractivity contribution in [2.75, 3.05) is 0 Å². The molecular weight excluding hydrogens is 188 g/mol. The number of allylic oxidation sites excluding steroid dienone is 1. The first kappa shape index (κ1) is 9.58. The highest BCUT2D eigenvalue weighted by Crippen LogP contribution is 2.06. The number of rotatable bonds is 3. The van der Waals surface area contributed by atoms with Crippen molar-refractivity contribution >= 4 is 6.08 Å². The van der Waals surface area contributed by atoms with Gasteiger partial charge in [0.2, 0.25) is 0 Å². The summed E-state index contributed by atoms with van der Waals surface area (Å²) in [5.41, 5.74) is 2.31. The van der Waals surface area contributed by atoms with Gasteiger partial charge in [0.25, 0.3) is 0 Å². The van der Waals surface area contributed by atoms with Crippen molar-refractivity contribution < 1.29 is 0 Å². The minimum Gasteiger partial charge on any atom is -0.228 e. The highest BCUT2D eigenvalue weighted by molar-refractivity contribution is 5.49. The standard InChI is InChI=1S/C11H11N4/c1-2-3-10-4-6-11(7-5-10)8-15-9-12-13-14-15/h2-7,9H,1,8H2/b3-2+. The van der Waals surface area contributed by atoms with Crippen LogP contribution < -0.4 is 0 Å². The van der Waals surface area contributed by atoms with Crippen LogP contribution in [0.2, 0.25) is 0 Å². The van der Waals surface area contributed by atoms with Gasteiger partial charge in [-0.1, -0.05) is 36.4 Å². The number of benzene rings is 1. The van der Waals surface area contributed by atoms with E-state index in [1.165, 1.54) is 5.56 Å². The Bertz CT molecular complexity index is 428. The maximum absolute atomic E-state index is 3.80. The van der Waals surface area contributed by atoms with Crippen molar-refractivity contribution in [3.05, 3.63) is 54.7 Å². The molecule has 0 atom stereocenters. The Balaban J connectivity index is 2.10. The lowest BCUT2D eigenvalue weighted by Crippen LogP contribution is -2.00. The molecule has 2 aromatic rings. The van der Waals surface area contributed by atoms with Crippen molar-refractivity contribution in [3.8, 4) is 0 Å². The van der Waals surface area contributed by atoms with Crippen LogP contribution in [-0.2, 0) is 6.54 Å². The summed E-state index contributed by atoms with van der Waals surface area (Å²) in [5, 5.41) is 11.0. The fourth-order valence-corrected chi connectivity index (χ4v) is 1.31. The Kier molecular flexibility index (Phi) is 2.88. The summed E-state index contributed by atoms with van der Waals surface area (Å²) in [7, 11) is 0. The normalized spacial score (nSPS) is 11.0. The Morgan fingerprint density at radius 1 is 1.27 bits per heavy atom. The van der Waals surface area contributed by atoms with E-state index >= 15 is 0 Å². The summed E-state index contributed by atoms with van der Waals surface area (Å²) in [6, 6.07) is 8.19. The van der Waals surface area contributed by atoms with E-state index in [1.807, 2.05) is 18.2 Å². The van der Waals surface area contributed by atoms with Gasteiger partial charge in [-0.25, -0.2) is 4.68 Å². The number of hydrogen-bond acceptors (Lipinski definition) is 3. The highest BCUT2D eigenvalue weighted by Gasteiger charge is 1.95. The first-order chi connectivity index (χ1) is 7.38. The number of aromatic nitrogens is 4. The Labute approximate surface area is 88.2 Å². The molecule has 1 heterocycles. The summed E-state index contributed by atoms with van der Waals surface area (Å²) in [4.78, 5) is 0. The molecule has 75 valence electrons. The maximum atomic E-state index is 3.80. The van der Waals surface area contributed by atoms with Crippen LogP contribution >= 0.6 is 0 Å². The molecule has 4 nitrogen and oxygen atoms in total. The molecule has 0 aliphatic carbocycles. The molecule has 0 N–H and O–H groups in total. The van der Waals surface area contributed by atoms with Gasteiger partial charge in [-0.2, -0.15) is 0 Å². The molecule has 0 amide bonds. The molecule has 0 unspecified atom stereocenters. The molecule has 0 aliphatic heterocycles. The molecule has 2 rings (SSSR count). The second-order valence-electron chi connectivity index (χ2n) is 3.15. The molecule has 0 saturated heterocycles. The van der Waals surface area contributed by atoms with Gasteiger partial charge in [0, 0.05) is 0 Å². The lowest BCUT2D eigenvalue weighted by atomic mass is 10.1. The van der Waals surface area contributed by atoms with Crippen LogP contribution in [0.15, 0.2) is 36.7 Å². The van der Waals surface area contributed by atoms with Crippen LogP contribution in [0.5, 0.6) is 0 Å². The Morgan fingerprint density at radius 3 is 2.67 bits per heavy atom. The minimum absolute atomic E-state index is 0.696. The van der Waals surface area contributed by atoms with Crippen molar-refractivity contribution in [1.29, 1.82) is 0 Å². The van der Waals surface area contributed by atoms with Crippen molar-refractivity contribution in [1.82, 2.24) is 20.2 Å². The van der Waals surface area contributed by atoms with Crippen LogP contribution in [0.1, 0.15) is 11.1 Å². The second-order valence-corrected chi connectivity index (χ2v) is 3.15. The van der Waals surface area contributed by atoms with E-state index in [0.717, 1.165) is 5.56 Å². The van der Waals surface area contributed by atoms with Crippen LogP contribution in [0.3, 0.4) is 0 Å². The van der Waals surface area contributed by atoms with Crippen LogP contribution in [0.25, 0.3) is 6.08 Å². The Morgan fingerprint density at radius 2 is 2.07 bits per heavy atom. The van der Waals surface area contributed by atoms with E-state index in [0.29, 0.717) is 6.54 Å². The van der Waals surface area contributed by atoms with Gasteiger partial charge in [0.15, 0.2) is 0 Å². The first-order valence-corrected chi connectivity index (χ1v) is 4.64. The molecule has 1 radical (unpaired) electrons. The molecule has 1 aromatic carbocycles. The van der Waals surface area contributed by atoms with Gasteiger partial charge in [-0.3, -0.25) is 0 Å². The van der Waals surface area contributed by atoms with Gasteiger partial charge >= 0.3 is 0 Å². The summed E-state index contributed by atoms with van der Waals surface area (Å²) < 4.78 is 1.69. The molecule has 15 heavy (non-hydrogen) atoms. The van der Waals surface area contributed by atoms with Crippen molar-refractivity contribution in [3.63, 3.8) is 0 Å². The molecule has 0 saturated carbocycles. The van der Waals surface area contributed by atoms with Gasteiger partial charge in [-0.05, 0) is 28.5 Å². The van der Waals surface area contributed by atoms with Gasteiger partial charge in [-0.15, -0.1) is 5.10 Å². The summed E-state index contributed by atoms with van der Waals surface area (Å²) in [6.45, 7) is 4.35. The fourth-order valence-electron chi connectivity index (χ4n) is 1.31. The number of nitrogens with zero attached hydrogens (tertiary/aromatic N) is 4. The lowest BCUT2D eigenvalue weighted by Gasteiger charge is -2.00. The van der Waals surface area contributed by atoms with Crippen molar-refractivity contribution in [2.45, 2.75) is 6.54 Å². The minimum atomic E-state index is 0.696. The average Bonchev–Trinajstić information content (AvgIpc) is 2.74.